The maximum atomic E-state index is 11.8. The molecule has 37 heavy (non-hydrogen) atoms. The van der Waals surface area contributed by atoms with Crippen LogP contribution in [0.3, 0.4) is 0 Å². The summed E-state index contributed by atoms with van der Waals surface area (Å²) in [6.45, 7) is 4.41. The number of aldehydes is 1. The summed E-state index contributed by atoms with van der Waals surface area (Å²) in [6, 6.07) is 3.80. The lowest BCUT2D eigenvalue weighted by Crippen LogP contribution is -2.63. The highest BCUT2D eigenvalue weighted by molar-refractivity contribution is 5.68. The molecule has 1 aliphatic rings. The lowest BCUT2D eigenvalue weighted by Gasteiger charge is -2.43. The van der Waals surface area contributed by atoms with Gasteiger partial charge in [-0.1, -0.05) is 13.0 Å². The third-order valence-electron chi connectivity index (χ3n) is 4.73. The molecule has 5 unspecified atom stereocenters. The van der Waals surface area contributed by atoms with Crippen LogP contribution in [0.4, 0.5) is 5.69 Å². The second-order valence-electron chi connectivity index (χ2n) is 7.60. The van der Waals surface area contributed by atoms with Crippen molar-refractivity contribution < 1.29 is 57.6 Å². The van der Waals surface area contributed by atoms with Crippen molar-refractivity contribution in [3.8, 4) is 5.75 Å². The van der Waals surface area contributed by atoms with Gasteiger partial charge in [-0.2, -0.15) is 0 Å². The van der Waals surface area contributed by atoms with E-state index in [2.05, 4.69) is 0 Å². The van der Waals surface area contributed by atoms with E-state index in [4.69, 9.17) is 28.4 Å². The van der Waals surface area contributed by atoms with Crippen LogP contribution in [-0.2, 0) is 49.5 Å². The van der Waals surface area contributed by atoms with Crippen molar-refractivity contribution in [1.82, 2.24) is 0 Å². The van der Waals surface area contributed by atoms with Gasteiger partial charge in [-0.15, -0.1) is 0 Å². The zero-order chi connectivity index (χ0) is 28.1. The number of rotatable bonds is 10. The van der Waals surface area contributed by atoms with Crippen LogP contribution in [0.1, 0.15) is 39.7 Å². The Kier molecular flexibility index (Phi) is 13.1. The summed E-state index contributed by atoms with van der Waals surface area (Å²) in [5.74, 6) is -2.32. The van der Waals surface area contributed by atoms with Gasteiger partial charge in [0.1, 0.15) is 19.0 Å². The molecule has 0 amide bonds. The van der Waals surface area contributed by atoms with Crippen molar-refractivity contribution in [2.45, 2.75) is 71.4 Å². The average Bonchev–Trinajstić information content (AvgIpc) is 2.84. The van der Waals surface area contributed by atoms with Gasteiger partial charge in [0.05, 0.1) is 11.5 Å². The SMILES string of the molecule is CCC=O.COC1C(Oc2ccc(CO)cc2[N+](=O)[O-])OC(COC(C)=O)C(OC(C)=O)C1OC(C)=O. The Morgan fingerprint density at radius 1 is 1.08 bits per heavy atom. The van der Waals surface area contributed by atoms with Gasteiger partial charge in [0.15, 0.2) is 24.1 Å². The molecule has 14 nitrogen and oxygen atoms in total. The van der Waals surface area contributed by atoms with Crippen LogP contribution < -0.4 is 4.74 Å². The van der Waals surface area contributed by atoms with Gasteiger partial charge in [-0.3, -0.25) is 24.5 Å². The molecular formula is C23H31NO13. The van der Waals surface area contributed by atoms with Gasteiger partial charge in [0, 0.05) is 40.4 Å². The van der Waals surface area contributed by atoms with Crippen molar-refractivity contribution in [2.75, 3.05) is 13.7 Å². The second-order valence-corrected chi connectivity index (χ2v) is 7.60. The van der Waals surface area contributed by atoms with Crippen molar-refractivity contribution in [3.63, 3.8) is 0 Å². The topological polar surface area (TPSA) is 187 Å². The largest absolute Gasteiger partial charge is 0.463 e. The van der Waals surface area contributed by atoms with Crippen molar-refractivity contribution in [1.29, 1.82) is 0 Å². The van der Waals surface area contributed by atoms with Gasteiger partial charge in [0.2, 0.25) is 6.29 Å². The summed E-state index contributed by atoms with van der Waals surface area (Å²) >= 11 is 0. The fraction of sp³-hybridized carbons (Fsp3) is 0.565. The predicted molar refractivity (Wildman–Crippen MR) is 123 cm³/mol. The minimum Gasteiger partial charge on any atom is -0.463 e. The third-order valence-corrected chi connectivity index (χ3v) is 4.73. The summed E-state index contributed by atoms with van der Waals surface area (Å²) in [7, 11) is 1.25. The highest BCUT2D eigenvalue weighted by atomic mass is 16.7. The van der Waals surface area contributed by atoms with Crippen LogP contribution in [-0.4, -0.2) is 78.6 Å². The number of nitro groups is 1. The van der Waals surface area contributed by atoms with Crippen LogP contribution in [0.15, 0.2) is 18.2 Å². The molecular weight excluding hydrogens is 498 g/mol. The monoisotopic (exact) mass is 529 g/mol. The lowest BCUT2D eigenvalue weighted by molar-refractivity contribution is -0.387. The van der Waals surface area contributed by atoms with E-state index in [0.29, 0.717) is 6.42 Å². The molecule has 0 spiro atoms. The van der Waals surface area contributed by atoms with Crippen LogP contribution >= 0.6 is 0 Å². The molecule has 1 N–H and O–H groups in total. The minimum atomic E-state index is -1.40. The number of hydrogen-bond donors (Lipinski definition) is 1. The molecule has 0 radical (unpaired) electrons. The number of esters is 3. The number of benzene rings is 1. The van der Waals surface area contributed by atoms with Gasteiger partial charge >= 0.3 is 23.6 Å². The summed E-state index contributed by atoms with van der Waals surface area (Å²) < 4.78 is 32.5. The highest BCUT2D eigenvalue weighted by Crippen LogP contribution is 2.34. The van der Waals surface area contributed by atoms with E-state index in [1.807, 2.05) is 6.92 Å². The molecule has 0 aromatic heterocycles. The first-order valence-electron chi connectivity index (χ1n) is 11.1. The number of nitrogens with zero attached hydrogens (tertiary/aromatic N) is 1. The van der Waals surface area contributed by atoms with E-state index in [1.165, 1.54) is 19.2 Å². The molecule has 2 rings (SSSR count). The number of ether oxygens (including phenoxy) is 6. The first-order valence-corrected chi connectivity index (χ1v) is 11.1. The van der Waals surface area contributed by atoms with Crippen LogP contribution in [0.5, 0.6) is 5.75 Å². The molecule has 5 atom stereocenters. The van der Waals surface area contributed by atoms with E-state index in [9.17, 15) is 34.4 Å². The molecule has 1 saturated heterocycles. The van der Waals surface area contributed by atoms with Gasteiger partial charge in [-0.05, 0) is 11.6 Å². The number of hydrogen-bond acceptors (Lipinski definition) is 13. The Labute approximate surface area is 212 Å². The average molecular weight is 529 g/mol. The van der Waals surface area contributed by atoms with E-state index < -0.39 is 72.4 Å². The summed E-state index contributed by atoms with van der Waals surface area (Å²) in [6.07, 6.45) is -4.72. The van der Waals surface area contributed by atoms with Gasteiger partial charge in [0.25, 0.3) is 0 Å². The Morgan fingerprint density at radius 2 is 1.68 bits per heavy atom. The molecule has 0 aliphatic carbocycles. The second kappa shape index (κ2) is 15.5. The fourth-order valence-electron chi connectivity index (χ4n) is 3.24. The van der Waals surface area contributed by atoms with Crippen LogP contribution in [0, 0.1) is 10.1 Å². The quantitative estimate of drug-likeness (QED) is 0.150. The number of methoxy groups -OCH3 is 1. The Morgan fingerprint density at radius 3 is 2.14 bits per heavy atom. The fourth-order valence-corrected chi connectivity index (χ4v) is 3.24. The molecule has 0 bridgehead atoms. The molecule has 0 saturated carbocycles. The summed E-state index contributed by atoms with van der Waals surface area (Å²) in [5, 5.41) is 20.8. The normalized spacial score (nSPS) is 22.5. The van der Waals surface area contributed by atoms with Crippen molar-refractivity contribution in [3.05, 3.63) is 33.9 Å². The Balaban J connectivity index is 0.00000159. The summed E-state index contributed by atoms with van der Waals surface area (Å²) in [5.41, 5.74) is -0.176. The number of aliphatic hydroxyl groups excluding tert-OH is 1. The zero-order valence-electron chi connectivity index (χ0n) is 21.1. The molecule has 1 aliphatic heterocycles. The van der Waals surface area contributed by atoms with Crippen molar-refractivity contribution in [2.24, 2.45) is 0 Å². The van der Waals surface area contributed by atoms with E-state index >= 15 is 0 Å². The molecule has 206 valence electrons. The predicted octanol–water partition coefficient (Wildman–Crippen LogP) is 1.23. The van der Waals surface area contributed by atoms with Gasteiger partial charge < -0.3 is 38.3 Å². The van der Waals surface area contributed by atoms with E-state index in [-0.39, 0.29) is 11.3 Å². The number of nitro benzene ring substituents is 1. The van der Waals surface area contributed by atoms with Crippen LogP contribution in [0.25, 0.3) is 0 Å². The smallest absolute Gasteiger partial charge is 0.311 e. The minimum absolute atomic E-state index is 0.219. The zero-order valence-corrected chi connectivity index (χ0v) is 21.1. The Hall–Kier alpha value is -3.62. The van der Waals surface area contributed by atoms with E-state index in [0.717, 1.165) is 33.1 Å². The maximum Gasteiger partial charge on any atom is 0.311 e. The highest BCUT2D eigenvalue weighted by Gasteiger charge is 2.52. The van der Waals surface area contributed by atoms with E-state index in [1.54, 1.807) is 0 Å². The molecule has 1 fully saturated rings. The first-order chi connectivity index (χ1) is 17.5. The maximum absolute atomic E-state index is 11.8. The number of aliphatic hydroxyl groups is 1. The first kappa shape index (κ1) is 31.4. The van der Waals surface area contributed by atoms with Crippen LogP contribution in [0.2, 0.25) is 0 Å². The summed E-state index contributed by atoms with van der Waals surface area (Å²) in [4.78, 5) is 54.7. The molecule has 1 aromatic rings. The third kappa shape index (κ3) is 9.74. The van der Waals surface area contributed by atoms with Gasteiger partial charge in [-0.25, -0.2) is 0 Å². The number of carbonyl (C=O) groups is 4. The number of carbonyl (C=O) groups excluding carboxylic acids is 4. The molecule has 1 aromatic carbocycles. The molecule has 1 heterocycles. The lowest BCUT2D eigenvalue weighted by atomic mass is 9.98. The Bertz CT molecular complexity index is 951. The standard InChI is InChI=1S/C20H25NO12.C3H6O/c1-10(23)29-9-16-17(30-11(2)24)18(31-12(3)25)19(28-4)20(33-16)32-15-6-5-13(8-22)7-14(15)21(26)27;1-2-3-4/h5-7,16-20,22H,8-9H2,1-4H3;3H,2H2,1H3. The van der Waals surface area contributed by atoms with Crippen molar-refractivity contribution >= 4 is 29.9 Å². The molecule has 14 heteroatoms.